The molecule has 0 saturated carbocycles. The van der Waals surface area contributed by atoms with Gasteiger partial charge in [0.25, 0.3) is 0 Å². The van der Waals surface area contributed by atoms with Gasteiger partial charge >= 0.3 is 0 Å². The van der Waals surface area contributed by atoms with Gasteiger partial charge in [0, 0.05) is 0 Å². The predicted octanol–water partition coefficient (Wildman–Crippen LogP) is 5.15. The van der Waals surface area contributed by atoms with E-state index in [1.54, 1.807) is 0 Å². The fourth-order valence-electron chi connectivity index (χ4n) is 2.11. The first-order chi connectivity index (χ1) is 10.3. The van der Waals surface area contributed by atoms with E-state index in [-0.39, 0.29) is 0 Å². The summed E-state index contributed by atoms with van der Waals surface area (Å²) in [7, 11) is 0. The van der Waals surface area contributed by atoms with Crippen LogP contribution < -0.4 is 4.74 Å². The Bertz CT molecular complexity index is 351. The Morgan fingerprint density at radius 1 is 1.00 bits per heavy atom. The van der Waals surface area contributed by atoms with Crippen LogP contribution in [-0.4, -0.2) is 16.9 Å². The second-order valence-corrected chi connectivity index (χ2v) is 6.92. The van der Waals surface area contributed by atoms with Crippen molar-refractivity contribution in [3.05, 3.63) is 31.2 Å². The highest BCUT2D eigenvalue weighted by molar-refractivity contribution is 7.91. The van der Waals surface area contributed by atoms with E-state index < -0.39 is 11.2 Å². The van der Waals surface area contributed by atoms with Gasteiger partial charge in [0.05, 0.1) is 6.61 Å². The quantitative estimate of drug-likeness (QED) is 0.395. The molecule has 21 heavy (non-hydrogen) atoms. The third-order valence-corrected chi connectivity index (χ3v) is 4.89. The van der Waals surface area contributed by atoms with Gasteiger partial charge < -0.3 is 9.29 Å². The maximum atomic E-state index is 12.1. The number of unbranched alkanes of at least 4 members (excludes halogenated alkanes) is 6. The van der Waals surface area contributed by atoms with E-state index in [1.807, 2.05) is 24.3 Å². The van der Waals surface area contributed by atoms with E-state index in [9.17, 15) is 4.55 Å². The van der Waals surface area contributed by atoms with Crippen LogP contribution >= 0.6 is 0 Å². The van der Waals surface area contributed by atoms with Gasteiger partial charge in [-0.2, -0.15) is 0 Å². The highest BCUT2D eigenvalue weighted by Crippen LogP contribution is 2.18. The summed E-state index contributed by atoms with van der Waals surface area (Å²) in [6, 6.07) is 7.73. The maximum Gasteiger partial charge on any atom is 0.152 e. The van der Waals surface area contributed by atoms with Crippen molar-refractivity contribution in [1.29, 1.82) is 0 Å². The van der Waals surface area contributed by atoms with Crippen LogP contribution in [0, 0.1) is 6.92 Å². The molecule has 1 unspecified atom stereocenters. The van der Waals surface area contributed by atoms with Crippen LogP contribution in [0.25, 0.3) is 0 Å². The Kier molecular flexibility index (Phi) is 10.4. The van der Waals surface area contributed by atoms with Crippen molar-refractivity contribution < 1.29 is 9.29 Å². The summed E-state index contributed by atoms with van der Waals surface area (Å²) in [5, 5.41) is 0. The summed E-state index contributed by atoms with van der Waals surface area (Å²) in [6.45, 7) is 6.80. The number of ether oxygens (including phenoxy) is 1. The zero-order valence-electron chi connectivity index (χ0n) is 13.3. The molecule has 0 saturated heterocycles. The lowest BCUT2D eigenvalue weighted by molar-refractivity contribution is 0.305. The van der Waals surface area contributed by atoms with Gasteiger partial charge in [-0.1, -0.05) is 46.0 Å². The van der Waals surface area contributed by atoms with Gasteiger partial charge in [0.15, 0.2) is 4.90 Å². The largest absolute Gasteiger partial charge is 0.611 e. The molecule has 1 atom stereocenters. The average molecular weight is 309 g/mol. The molecule has 1 radical (unpaired) electrons. The number of benzene rings is 1. The van der Waals surface area contributed by atoms with E-state index >= 15 is 0 Å². The van der Waals surface area contributed by atoms with E-state index in [0.717, 1.165) is 55.1 Å². The van der Waals surface area contributed by atoms with Crippen LogP contribution in [0.5, 0.6) is 5.75 Å². The number of rotatable bonds is 12. The van der Waals surface area contributed by atoms with E-state index in [2.05, 4.69) is 13.8 Å². The van der Waals surface area contributed by atoms with Crippen LogP contribution in [0.2, 0.25) is 0 Å². The SMILES string of the molecule is [CH2]CCCCC[S+]([O-])c1ccc(OCCCCCC)cc1. The molecule has 0 amide bonds. The maximum absolute atomic E-state index is 12.1. The van der Waals surface area contributed by atoms with Crippen molar-refractivity contribution in [1.82, 2.24) is 0 Å². The third kappa shape index (κ3) is 8.37. The molecule has 1 aromatic carbocycles. The Hall–Kier alpha value is -0.670. The summed E-state index contributed by atoms with van der Waals surface area (Å²) in [6.07, 6.45) is 9.08. The van der Waals surface area contributed by atoms with Crippen molar-refractivity contribution in [2.24, 2.45) is 0 Å². The summed E-state index contributed by atoms with van der Waals surface area (Å²) in [5.41, 5.74) is 0. The monoisotopic (exact) mass is 309 g/mol. The molecule has 0 aliphatic carbocycles. The Balaban J connectivity index is 2.25. The molecule has 0 N–H and O–H groups in total. The van der Waals surface area contributed by atoms with Gasteiger partial charge in [-0.15, -0.1) is 0 Å². The lowest BCUT2D eigenvalue weighted by Gasteiger charge is -2.11. The summed E-state index contributed by atoms with van der Waals surface area (Å²) < 4.78 is 17.8. The van der Waals surface area contributed by atoms with Gasteiger partial charge in [-0.3, -0.25) is 0 Å². The highest BCUT2D eigenvalue weighted by Gasteiger charge is 2.10. The van der Waals surface area contributed by atoms with Crippen LogP contribution in [-0.2, 0) is 11.2 Å². The highest BCUT2D eigenvalue weighted by atomic mass is 32.2. The van der Waals surface area contributed by atoms with Crippen molar-refractivity contribution in [2.75, 3.05) is 12.4 Å². The molecule has 0 heterocycles. The van der Waals surface area contributed by atoms with Gasteiger partial charge in [0.2, 0.25) is 0 Å². The second kappa shape index (κ2) is 11.9. The first-order valence-electron chi connectivity index (χ1n) is 8.18. The van der Waals surface area contributed by atoms with Crippen LogP contribution in [0.1, 0.15) is 58.3 Å². The summed E-state index contributed by atoms with van der Waals surface area (Å²) in [4.78, 5) is 0.906. The topological polar surface area (TPSA) is 32.3 Å². The minimum absolute atomic E-state index is 0.747. The molecule has 3 heteroatoms. The van der Waals surface area contributed by atoms with Crippen LogP contribution in [0.15, 0.2) is 29.2 Å². The summed E-state index contributed by atoms with van der Waals surface area (Å²) >= 11 is -0.881. The third-order valence-electron chi connectivity index (χ3n) is 3.43. The van der Waals surface area contributed by atoms with Gasteiger partial charge in [0.1, 0.15) is 11.5 Å². The van der Waals surface area contributed by atoms with Crippen LogP contribution in [0.4, 0.5) is 0 Å². The average Bonchev–Trinajstić information content (AvgIpc) is 2.52. The van der Waals surface area contributed by atoms with Crippen LogP contribution in [0.3, 0.4) is 0 Å². The molecule has 0 aliphatic rings. The molecule has 0 aromatic heterocycles. The molecule has 0 spiro atoms. The van der Waals surface area contributed by atoms with Crippen molar-refractivity contribution in [3.63, 3.8) is 0 Å². The van der Waals surface area contributed by atoms with Crippen molar-refractivity contribution in [3.8, 4) is 5.75 Å². The molecule has 1 aromatic rings. The normalized spacial score (nSPS) is 12.3. The second-order valence-electron chi connectivity index (χ2n) is 5.34. The Labute approximate surface area is 133 Å². The minimum Gasteiger partial charge on any atom is -0.611 e. The fourth-order valence-corrected chi connectivity index (χ4v) is 3.25. The standard InChI is InChI=1S/C18H29O2S/c1-3-5-7-9-15-20-17-11-13-18(14-12-17)21(19)16-10-8-6-4-2/h11-14H,2-10,15-16H2,1H3. The lowest BCUT2D eigenvalue weighted by Crippen LogP contribution is -2.07. The Morgan fingerprint density at radius 2 is 1.71 bits per heavy atom. The zero-order chi connectivity index (χ0) is 15.3. The van der Waals surface area contributed by atoms with E-state index in [4.69, 9.17) is 4.74 Å². The summed E-state index contributed by atoms with van der Waals surface area (Å²) in [5.74, 6) is 1.63. The Morgan fingerprint density at radius 3 is 2.38 bits per heavy atom. The van der Waals surface area contributed by atoms with Gasteiger partial charge in [-0.25, -0.2) is 0 Å². The number of hydrogen-bond donors (Lipinski definition) is 0. The molecule has 0 aliphatic heterocycles. The number of hydrogen-bond acceptors (Lipinski definition) is 2. The molecular weight excluding hydrogens is 280 g/mol. The first-order valence-corrected chi connectivity index (χ1v) is 9.50. The predicted molar refractivity (Wildman–Crippen MR) is 91.2 cm³/mol. The molecule has 119 valence electrons. The smallest absolute Gasteiger partial charge is 0.152 e. The van der Waals surface area contributed by atoms with Gasteiger partial charge in [-0.05, 0) is 54.7 Å². The lowest BCUT2D eigenvalue weighted by atomic mass is 10.2. The first kappa shape index (κ1) is 18.4. The van der Waals surface area contributed by atoms with E-state index in [0.29, 0.717) is 0 Å². The molecular formula is C18H29O2S. The zero-order valence-corrected chi connectivity index (χ0v) is 14.1. The molecule has 0 fully saturated rings. The van der Waals surface area contributed by atoms with Crippen molar-refractivity contribution in [2.45, 2.75) is 63.2 Å². The van der Waals surface area contributed by atoms with E-state index in [1.165, 1.54) is 19.3 Å². The minimum atomic E-state index is -0.881. The molecule has 2 nitrogen and oxygen atoms in total. The fraction of sp³-hybridized carbons (Fsp3) is 0.611. The molecule has 1 rings (SSSR count). The molecule has 0 bridgehead atoms. The van der Waals surface area contributed by atoms with Crippen molar-refractivity contribution >= 4 is 11.2 Å².